The van der Waals surface area contributed by atoms with Gasteiger partial charge in [0.05, 0.1) is 19.3 Å². The molecular formula is C24H40IN3O2. The fraction of sp³-hybridized carbons (Fsp3) is 0.708. The predicted molar refractivity (Wildman–Crippen MR) is 134 cm³/mol. The summed E-state index contributed by atoms with van der Waals surface area (Å²) in [5.41, 5.74) is 2.44. The molecule has 1 aliphatic carbocycles. The van der Waals surface area contributed by atoms with Crippen LogP contribution in [0.1, 0.15) is 69.4 Å². The number of ether oxygens (including phenoxy) is 2. The third kappa shape index (κ3) is 9.52. The molecular weight excluding hydrogens is 489 g/mol. The first-order valence-corrected chi connectivity index (χ1v) is 11.6. The molecule has 1 saturated carbocycles. The summed E-state index contributed by atoms with van der Waals surface area (Å²) in [4.78, 5) is 4.78. The largest absolute Gasteiger partial charge is 0.381 e. The first-order chi connectivity index (χ1) is 14.3. The van der Waals surface area contributed by atoms with E-state index in [4.69, 9.17) is 14.5 Å². The minimum Gasteiger partial charge on any atom is -0.381 e. The maximum Gasteiger partial charge on any atom is 0.191 e. The summed E-state index contributed by atoms with van der Waals surface area (Å²) in [6.07, 6.45) is 10.6. The van der Waals surface area contributed by atoms with Crippen LogP contribution in [0.5, 0.6) is 0 Å². The van der Waals surface area contributed by atoms with Gasteiger partial charge in [0.25, 0.3) is 0 Å². The van der Waals surface area contributed by atoms with Crippen LogP contribution in [0.2, 0.25) is 0 Å². The lowest BCUT2D eigenvalue weighted by atomic mass is 10.0. The molecule has 0 spiro atoms. The number of nitrogens with one attached hydrogen (secondary N) is 2. The number of hydrogen-bond acceptors (Lipinski definition) is 3. The van der Waals surface area contributed by atoms with Crippen molar-refractivity contribution >= 4 is 29.9 Å². The van der Waals surface area contributed by atoms with Gasteiger partial charge in [-0.1, -0.05) is 49.9 Å². The molecule has 0 aromatic heterocycles. The highest BCUT2D eigenvalue weighted by Gasteiger charge is 2.15. The van der Waals surface area contributed by atoms with E-state index < -0.39 is 0 Å². The minimum atomic E-state index is 0. The van der Waals surface area contributed by atoms with Crippen LogP contribution in [0.25, 0.3) is 0 Å². The number of aliphatic imine (C=N–C) groups is 1. The van der Waals surface area contributed by atoms with Crippen molar-refractivity contribution < 1.29 is 9.47 Å². The Kier molecular flexibility index (Phi) is 12.7. The molecule has 6 heteroatoms. The summed E-state index contributed by atoms with van der Waals surface area (Å²) in [6.45, 7) is 6.99. The highest BCUT2D eigenvalue weighted by molar-refractivity contribution is 14.0. The van der Waals surface area contributed by atoms with E-state index in [1.807, 2.05) is 0 Å². The zero-order valence-corrected chi connectivity index (χ0v) is 20.9. The van der Waals surface area contributed by atoms with Crippen LogP contribution in [-0.4, -0.2) is 38.4 Å². The van der Waals surface area contributed by atoms with Crippen LogP contribution in [0.15, 0.2) is 29.3 Å². The number of guanidine groups is 1. The van der Waals surface area contributed by atoms with Gasteiger partial charge in [-0.05, 0) is 49.7 Å². The molecule has 1 aromatic carbocycles. The molecule has 1 aromatic rings. The summed E-state index contributed by atoms with van der Waals surface area (Å²) in [6, 6.07) is 8.60. The second-order valence-electron chi connectivity index (χ2n) is 8.36. The van der Waals surface area contributed by atoms with E-state index in [0.29, 0.717) is 19.3 Å². The number of halogens is 1. The Hall–Kier alpha value is -0.860. The van der Waals surface area contributed by atoms with E-state index in [9.17, 15) is 0 Å². The SMILES string of the molecule is CCNC(=NCc1cccc(COC2CCOCC2)c1)NCCCC1CCCC1.I. The topological polar surface area (TPSA) is 54.9 Å². The monoisotopic (exact) mass is 529 g/mol. The van der Waals surface area contributed by atoms with Crippen LogP contribution in [0.3, 0.4) is 0 Å². The highest BCUT2D eigenvalue weighted by Crippen LogP contribution is 2.28. The Morgan fingerprint density at radius 1 is 1.10 bits per heavy atom. The van der Waals surface area contributed by atoms with E-state index in [2.05, 4.69) is 41.8 Å². The van der Waals surface area contributed by atoms with E-state index in [1.165, 1.54) is 49.7 Å². The van der Waals surface area contributed by atoms with Gasteiger partial charge in [-0.3, -0.25) is 0 Å². The summed E-state index contributed by atoms with van der Waals surface area (Å²) < 4.78 is 11.5. The number of nitrogens with zero attached hydrogens (tertiary/aromatic N) is 1. The normalized spacial score (nSPS) is 18.2. The van der Waals surface area contributed by atoms with Gasteiger partial charge in [-0.15, -0.1) is 24.0 Å². The fourth-order valence-corrected chi connectivity index (χ4v) is 4.28. The maximum absolute atomic E-state index is 6.06. The van der Waals surface area contributed by atoms with E-state index >= 15 is 0 Å². The van der Waals surface area contributed by atoms with Crippen molar-refractivity contribution in [2.75, 3.05) is 26.3 Å². The molecule has 0 amide bonds. The number of benzene rings is 1. The third-order valence-corrected chi connectivity index (χ3v) is 5.97. The van der Waals surface area contributed by atoms with Gasteiger partial charge in [0, 0.05) is 26.3 Å². The number of hydrogen-bond donors (Lipinski definition) is 2. The average Bonchev–Trinajstić information content (AvgIpc) is 3.28. The van der Waals surface area contributed by atoms with Crippen molar-refractivity contribution in [2.24, 2.45) is 10.9 Å². The maximum atomic E-state index is 6.06. The zero-order chi connectivity index (χ0) is 20.2. The summed E-state index contributed by atoms with van der Waals surface area (Å²) in [5, 5.41) is 6.87. The van der Waals surface area contributed by atoms with Crippen molar-refractivity contribution in [2.45, 2.75) is 77.5 Å². The van der Waals surface area contributed by atoms with Gasteiger partial charge in [0.15, 0.2) is 5.96 Å². The molecule has 2 fully saturated rings. The standard InChI is InChI=1S/C24H39N3O2.HI/c1-2-25-24(26-14-6-11-20-7-3-4-8-20)27-18-21-9-5-10-22(17-21)19-29-23-12-15-28-16-13-23;/h5,9-10,17,20,23H,2-4,6-8,11-16,18-19H2,1H3,(H2,25,26,27);1H. The predicted octanol–water partition coefficient (Wildman–Crippen LogP) is 5.03. The van der Waals surface area contributed by atoms with E-state index in [1.54, 1.807) is 0 Å². The van der Waals surface area contributed by atoms with E-state index in [-0.39, 0.29) is 24.0 Å². The Morgan fingerprint density at radius 2 is 1.87 bits per heavy atom. The van der Waals surface area contributed by atoms with Gasteiger partial charge in [-0.25, -0.2) is 4.99 Å². The van der Waals surface area contributed by atoms with Crippen LogP contribution >= 0.6 is 24.0 Å². The summed E-state index contributed by atoms with van der Waals surface area (Å²) >= 11 is 0. The van der Waals surface area contributed by atoms with Gasteiger partial charge in [0.1, 0.15) is 0 Å². The van der Waals surface area contributed by atoms with Crippen LogP contribution in [-0.2, 0) is 22.6 Å². The molecule has 0 unspecified atom stereocenters. The lowest BCUT2D eigenvalue weighted by Crippen LogP contribution is -2.37. The van der Waals surface area contributed by atoms with Gasteiger partial charge >= 0.3 is 0 Å². The van der Waals surface area contributed by atoms with Gasteiger partial charge in [-0.2, -0.15) is 0 Å². The molecule has 3 rings (SSSR count). The van der Waals surface area contributed by atoms with Crippen molar-refractivity contribution in [1.82, 2.24) is 10.6 Å². The Morgan fingerprint density at radius 3 is 2.63 bits per heavy atom. The van der Waals surface area contributed by atoms with Crippen molar-refractivity contribution in [3.05, 3.63) is 35.4 Å². The lowest BCUT2D eigenvalue weighted by Gasteiger charge is -2.22. The second-order valence-corrected chi connectivity index (χ2v) is 8.36. The first-order valence-electron chi connectivity index (χ1n) is 11.6. The van der Waals surface area contributed by atoms with Crippen LogP contribution in [0, 0.1) is 5.92 Å². The average molecular weight is 530 g/mol. The van der Waals surface area contributed by atoms with Crippen LogP contribution < -0.4 is 10.6 Å². The molecule has 0 radical (unpaired) electrons. The van der Waals surface area contributed by atoms with Crippen molar-refractivity contribution in [3.63, 3.8) is 0 Å². The number of rotatable bonds is 10. The van der Waals surface area contributed by atoms with E-state index in [0.717, 1.165) is 51.0 Å². The Bertz CT molecular complexity index is 614. The van der Waals surface area contributed by atoms with Crippen molar-refractivity contribution in [1.29, 1.82) is 0 Å². The quantitative estimate of drug-likeness (QED) is 0.193. The Balaban J connectivity index is 0.00000320. The smallest absolute Gasteiger partial charge is 0.191 e. The molecule has 5 nitrogen and oxygen atoms in total. The zero-order valence-electron chi connectivity index (χ0n) is 18.5. The first kappa shape index (κ1) is 25.4. The summed E-state index contributed by atoms with van der Waals surface area (Å²) in [7, 11) is 0. The molecule has 1 aliphatic heterocycles. The van der Waals surface area contributed by atoms with Crippen molar-refractivity contribution in [3.8, 4) is 0 Å². The minimum absolute atomic E-state index is 0. The highest BCUT2D eigenvalue weighted by atomic mass is 127. The molecule has 30 heavy (non-hydrogen) atoms. The third-order valence-electron chi connectivity index (χ3n) is 5.97. The molecule has 2 N–H and O–H groups in total. The fourth-order valence-electron chi connectivity index (χ4n) is 4.28. The second kappa shape index (κ2) is 15.0. The van der Waals surface area contributed by atoms with Gasteiger partial charge < -0.3 is 20.1 Å². The molecule has 1 saturated heterocycles. The molecule has 1 heterocycles. The molecule has 170 valence electrons. The lowest BCUT2D eigenvalue weighted by molar-refractivity contribution is -0.0390. The Labute approximate surface area is 199 Å². The summed E-state index contributed by atoms with van der Waals surface area (Å²) in [5.74, 6) is 1.88. The van der Waals surface area contributed by atoms with Gasteiger partial charge in [0.2, 0.25) is 0 Å². The molecule has 2 aliphatic rings. The molecule has 0 atom stereocenters. The van der Waals surface area contributed by atoms with Crippen LogP contribution in [0.4, 0.5) is 0 Å². The molecule has 0 bridgehead atoms.